The molecule has 3 aliphatic rings. The van der Waals surface area contributed by atoms with E-state index < -0.39 is 0 Å². The third kappa shape index (κ3) is 3.35. The van der Waals surface area contributed by atoms with Crippen LogP contribution in [0.4, 0.5) is 17.3 Å². The predicted octanol–water partition coefficient (Wildman–Crippen LogP) is 1.01. The van der Waals surface area contributed by atoms with Gasteiger partial charge < -0.3 is 30.0 Å². The normalized spacial score (nSPS) is 27.3. The Labute approximate surface area is 189 Å². The van der Waals surface area contributed by atoms with Gasteiger partial charge in [0.25, 0.3) is 11.5 Å². The monoisotopic (exact) mass is 451 g/mol. The zero-order chi connectivity index (χ0) is 22.7. The number of fused-ring (bicyclic) bond motifs is 2. The number of aromatic nitrogens is 4. The molecular formula is C22H25N7O4. The van der Waals surface area contributed by atoms with Gasteiger partial charge >= 0.3 is 0 Å². The summed E-state index contributed by atoms with van der Waals surface area (Å²) in [6.07, 6.45) is 4.16. The number of ether oxygens (including phenoxy) is 2. The molecule has 11 nitrogen and oxygen atoms in total. The van der Waals surface area contributed by atoms with Crippen molar-refractivity contribution >= 4 is 28.9 Å². The molecule has 4 heterocycles. The molecule has 0 spiro atoms. The van der Waals surface area contributed by atoms with Crippen LogP contribution >= 0.6 is 0 Å². The van der Waals surface area contributed by atoms with E-state index in [1.807, 2.05) is 12.3 Å². The summed E-state index contributed by atoms with van der Waals surface area (Å²) in [6.45, 7) is 1.42. The molecule has 3 aromatic rings. The maximum absolute atomic E-state index is 13.1. The van der Waals surface area contributed by atoms with Gasteiger partial charge in [-0.25, -0.2) is 4.98 Å². The molecule has 1 amide bonds. The van der Waals surface area contributed by atoms with Crippen molar-refractivity contribution in [1.29, 1.82) is 0 Å². The lowest BCUT2D eigenvalue weighted by molar-refractivity contribution is 0.0936. The fourth-order valence-electron chi connectivity index (χ4n) is 4.80. The van der Waals surface area contributed by atoms with Gasteiger partial charge in [-0.1, -0.05) is 0 Å². The number of anilines is 3. The van der Waals surface area contributed by atoms with Crippen LogP contribution in [-0.2, 0) is 9.47 Å². The van der Waals surface area contributed by atoms with Crippen molar-refractivity contribution in [3.63, 3.8) is 0 Å². The molecule has 3 fully saturated rings. The third-order valence-electron chi connectivity index (χ3n) is 6.79. The number of methoxy groups -OCH3 is 1. The average molecular weight is 451 g/mol. The standard InChI is InChI=1S/C22H25N7O4/c1-23-18-7-17(25-14-4-3-5-28(22(14)31)19-12-9-33-10-13(12)19)27-20-11(8-24-29(18)20)21(30)26-15-6-16(15)32-2/h3-5,7-8,12-13,15-16,19,23H,6,9-10H2,1-2H3,(H,25,27)(H,26,30)/t12-,13+,15-,16-,19-/m0/s1. The first-order valence-corrected chi connectivity index (χ1v) is 11.0. The number of pyridine rings is 1. The smallest absolute Gasteiger partial charge is 0.274 e. The van der Waals surface area contributed by atoms with Gasteiger partial charge in [-0.3, -0.25) is 9.59 Å². The summed E-state index contributed by atoms with van der Waals surface area (Å²) in [5.41, 5.74) is 1.07. The minimum absolute atomic E-state index is 0.00219. The predicted molar refractivity (Wildman–Crippen MR) is 120 cm³/mol. The Bertz CT molecular complexity index is 1290. The van der Waals surface area contributed by atoms with Gasteiger partial charge in [0.2, 0.25) is 0 Å². The maximum Gasteiger partial charge on any atom is 0.274 e. The third-order valence-corrected chi connectivity index (χ3v) is 6.79. The summed E-state index contributed by atoms with van der Waals surface area (Å²) in [5.74, 6) is 1.65. The average Bonchev–Trinajstić information content (AvgIpc) is 3.58. The number of nitrogens with zero attached hydrogens (tertiary/aromatic N) is 4. The number of carbonyl (C=O) groups excluding carboxylic acids is 1. The van der Waals surface area contributed by atoms with Crippen LogP contribution in [-0.4, -0.2) is 64.6 Å². The Balaban J connectivity index is 1.31. The Kier molecular flexibility index (Phi) is 4.63. The van der Waals surface area contributed by atoms with Crippen LogP contribution in [0.25, 0.3) is 5.65 Å². The van der Waals surface area contributed by atoms with Crippen LogP contribution in [0.5, 0.6) is 0 Å². The van der Waals surface area contributed by atoms with Gasteiger partial charge in [0.05, 0.1) is 31.6 Å². The minimum Gasteiger partial charge on any atom is -0.381 e. The van der Waals surface area contributed by atoms with Gasteiger partial charge in [0, 0.05) is 44.3 Å². The van der Waals surface area contributed by atoms with Crippen LogP contribution in [0, 0.1) is 11.8 Å². The van der Waals surface area contributed by atoms with Crippen LogP contribution in [0.3, 0.4) is 0 Å². The van der Waals surface area contributed by atoms with Gasteiger partial charge in [-0.15, -0.1) is 0 Å². The molecule has 2 saturated carbocycles. The minimum atomic E-state index is -0.259. The Hall–Kier alpha value is -3.44. The van der Waals surface area contributed by atoms with Crippen molar-refractivity contribution in [3.05, 3.63) is 46.5 Å². The molecule has 0 aromatic carbocycles. The van der Waals surface area contributed by atoms with E-state index in [0.717, 1.165) is 6.42 Å². The second-order valence-corrected chi connectivity index (χ2v) is 8.78. The molecule has 2 aliphatic carbocycles. The maximum atomic E-state index is 13.1. The lowest BCUT2D eigenvalue weighted by Crippen LogP contribution is -2.28. The highest BCUT2D eigenvalue weighted by atomic mass is 16.5. The first-order valence-electron chi connectivity index (χ1n) is 11.0. The molecule has 0 bridgehead atoms. The molecule has 1 saturated heterocycles. The van der Waals surface area contributed by atoms with E-state index in [1.165, 1.54) is 6.20 Å². The van der Waals surface area contributed by atoms with Gasteiger partial charge in [0.15, 0.2) is 5.65 Å². The molecule has 3 aromatic heterocycles. The van der Waals surface area contributed by atoms with Crippen LogP contribution in [0.15, 0.2) is 35.4 Å². The summed E-state index contributed by atoms with van der Waals surface area (Å²) < 4.78 is 14.1. The summed E-state index contributed by atoms with van der Waals surface area (Å²) in [7, 11) is 3.39. The van der Waals surface area contributed by atoms with Crippen molar-refractivity contribution in [2.75, 3.05) is 38.0 Å². The SMILES string of the molecule is CNc1cc(Nc2cccn([C@@H]3[C@@H]4COC[C@@H]43)c2=O)nc2c(C(=O)N[C@H]3C[C@@H]3OC)cnn12. The van der Waals surface area contributed by atoms with E-state index in [9.17, 15) is 9.59 Å². The molecule has 33 heavy (non-hydrogen) atoms. The Morgan fingerprint density at radius 2 is 2.12 bits per heavy atom. The zero-order valence-corrected chi connectivity index (χ0v) is 18.3. The highest BCUT2D eigenvalue weighted by molar-refractivity contribution is 6.00. The highest BCUT2D eigenvalue weighted by Gasteiger charge is 2.55. The van der Waals surface area contributed by atoms with Gasteiger partial charge in [0.1, 0.15) is 22.9 Å². The molecular weight excluding hydrogens is 426 g/mol. The van der Waals surface area contributed by atoms with Crippen molar-refractivity contribution < 1.29 is 14.3 Å². The lowest BCUT2D eigenvalue weighted by atomic mass is 10.3. The fourth-order valence-corrected chi connectivity index (χ4v) is 4.80. The van der Waals surface area contributed by atoms with Crippen LogP contribution < -0.4 is 21.5 Å². The molecule has 0 unspecified atom stereocenters. The second kappa shape index (κ2) is 7.56. The Morgan fingerprint density at radius 3 is 2.85 bits per heavy atom. The zero-order valence-electron chi connectivity index (χ0n) is 18.3. The molecule has 6 rings (SSSR count). The number of hydrogen-bond donors (Lipinski definition) is 3. The molecule has 0 radical (unpaired) electrons. The largest absolute Gasteiger partial charge is 0.381 e. The second-order valence-electron chi connectivity index (χ2n) is 8.78. The van der Waals surface area contributed by atoms with E-state index in [1.54, 1.807) is 35.4 Å². The number of hydrogen-bond acceptors (Lipinski definition) is 8. The number of amides is 1. The summed E-state index contributed by atoms with van der Waals surface area (Å²) >= 11 is 0. The van der Waals surface area contributed by atoms with Crippen LogP contribution in [0.2, 0.25) is 0 Å². The highest BCUT2D eigenvalue weighted by Crippen LogP contribution is 2.53. The molecule has 11 heteroatoms. The van der Waals surface area contributed by atoms with E-state index in [0.29, 0.717) is 53.6 Å². The molecule has 172 valence electrons. The van der Waals surface area contributed by atoms with Gasteiger partial charge in [-0.05, 0) is 18.6 Å². The van der Waals surface area contributed by atoms with Crippen molar-refractivity contribution in [3.8, 4) is 0 Å². The summed E-state index contributed by atoms with van der Waals surface area (Å²) in [6, 6.07) is 5.54. The Morgan fingerprint density at radius 1 is 1.30 bits per heavy atom. The van der Waals surface area contributed by atoms with Gasteiger partial charge in [-0.2, -0.15) is 9.61 Å². The first kappa shape index (κ1) is 20.2. The summed E-state index contributed by atoms with van der Waals surface area (Å²) in [4.78, 5) is 30.6. The first-order chi connectivity index (χ1) is 16.1. The van der Waals surface area contributed by atoms with Crippen molar-refractivity contribution in [1.82, 2.24) is 24.5 Å². The fraction of sp³-hybridized carbons (Fsp3) is 0.455. The topological polar surface area (TPSA) is 124 Å². The van der Waals surface area contributed by atoms with Crippen molar-refractivity contribution in [2.45, 2.75) is 24.6 Å². The number of nitrogens with one attached hydrogen (secondary N) is 3. The number of rotatable bonds is 7. The molecule has 3 N–H and O–H groups in total. The van der Waals surface area contributed by atoms with E-state index in [4.69, 9.17) is 9.47 Å². The van der Waals surface area contributed by atoms with E-state index >= 15 is 0 Å². The molecule has 1 aliphatic heterocycles. The number of carbonyl (C=O) groups is 1. The summed E-state index contributed by atoms with van der Waals surface area (Å²) in [5, 5.41) is 13.5. The lowest BCUT2D eigenvalue weighted by Gasteiger charge is -2.13. The van der Waals surface area contributed by atoms with Crippen LogP contribution in [0.1, 0.15) is 22.8 Å². The van der Waals surface area contributed by atoms with E-state index in [2.05, 4.69) is 26.0 Å². The van der Waals surface area contributed by atoms with E-state index in [-0.39, 0.29) is 29.7 Å². The quantitative estimate of drug-likeness (QED) is 0.486. The molecule has 5 atom stereocenters. The van der Waals surface area contributed by atoms with Crippen molar-refractivity contribution in [2.24, 2.45) is 11.8 Å².